The summed E-state index contributed by atoms with van der Waals surface area (Å²) in [5.41, 5.74) is 0. The van der Waals surface area contributed by atoms with Gasteiger partial charge in [0.05, 0.1) is 0 Å². The van der Waals surface area contributed by atoms with Crippen molar-refractivity contribution in [2.45, 2.75) is 6.92 Å². The number of hydrogen-bond donors (Lipinski definition) is 1. The zero-order chi connectivity index (χ0) is 6.62. The van der Waals surface area contributed by atoms with Gasteiger partial charge in [-0.05, 0) is 18.3 Å². The molecule has 0 fully saturated rings. The molecule has 0 aliphatic rings. The van der Waals surface area contributed by atoms with Crippen molar-refractivity contribution in [1.82, 2.24) is 4.72 Å². The third kappa shape index (κ3) is 2.91. The summed E-state index contributed by atoms with van der Waals surface area (Å²) in [6.45, 7) is 2.08. The highest BCUT2D eigenvalue weighted by Gasteiger charge is 2.03. The first kappa shape index (κ1) is 7.82. The molecule has 0 aromatic rings. The number of hydrogen-bond acceptors (Lipinski definition) is 1. The maximum Gasteiger partial charge on any atom is 0.215 e. The van der Waals surface area contributed by atoms with Crippen molar-refractivity contribution in [1.29, 1.82) is 0 Å². The molecule has 2 nitrogen and oxygen atoms in total. The van der Waals surface area contributed by atoms with Crippen LogP contribution in [0.4, 0.5) is 0 Å². The average molecular weight is 135 g/mol. The van der Waals surface area contributed by atoms with Crippen LogP contribution < -0.4 is 4.72 Å². The molecule has 8 heavy (non-hydrogen) atoms. The topological polar surface area (TPSA) is 29.1 Å². The SMILES string of the molecule is CCS(C)(C)NC=O. The van der Waals surface area contributed by atoms with Gasteiger partial charge in [0.2, 0.25) is 6.41 Å². The molecule has 0 aromatic heterocycles. The fourth-order valence-corrected chi connectivity index (χ4v) is 0.641. The van der Waals surface area contributed by atoms with Crippen molar-refractivity contribution in [3.8, 4) is 0 Å². The fraction of sp³-hybridized carbons (Fsp3) is 0.800. The normalized spacial score (nSPS) is 12.9. The largest absolute Gasteiger partial charge is 0.321 e. The van der Waals surface area contributed by atoms with E-state index in [1.807, 2.05) is 0 Å². The molecular weight excluding hydrogens is 122 g/mol. The summed E-state index contributed by atoms with van der Waals surface area (Å²) in [5, 5.41) is 0. The standard InChI is InChI=1S/C5H13NOS/c1-4-8(2,3)6-5-7/h5H,4H2,1-3H3,(H,6,7). The Morgan fingerprint density at radius 2 is 2.12 bits per heavy atom. The predicted molar refractivity (Wildman–Crippen MR) is 39.2 cm³/mol. The Balaban J connectivity index is 3.53. The summed E-state index contributed by atoms with van der Waals surface area (Å²) in [6.07, 6.45) is 4.92. The van der Waals surface area contributed by atoms with Crippen LogP contribution in [0.15, 0.2) is 0 Å². The van der Waals surface area contributed by atoms with Gasteiger partial charge >= 0.3 is 0 Å². The van der Waals surface area contributed by atoms with Gasteiger partial charge in [0.25, 0.3) is 0 Å². The van der Waals surface area contributed by atoms with Gasteiger partial charge in [0.15, 0.2) is 0 Å². The highest BCUT2D eigenvalue weighted by Crippen LogP contribution is 2.32. The van der Waals surface area contributed by atoms with Gasteiger partial charge in [-0.3, -0.25) is 4.79 Å². The molecule has 0 aliphatic heterocycles. The second-order valence-electron chi connectivity index (χ2n) is 2.06. The maximum absolute atomic E-state index is 9.89. The Morgan fingerprint density at radius 3 is 2.25 bits per heavy atom. The maximum atomic E-state index is 9.89. The zero-order valence-corrected chi connectivity index (χ0v) is 6.42. The van der Waals surface area contributed by atoms with Crippen LogP contribution in [0.1, 0.15) is 6.92 Å². The van der Waals surface area contributed by atoms with E-state index in [4.69, 9.17) is 0 Å². The lowest BCUT2D eigenvalue weighted by Crippen LogP contribution is -2.17. The minimum atomic E-state index is -0.788. The second-order valence-corrected chi connectivity index (χ2v) is 5.95. The van der Waals surface area contributed by atoms with E-state index in [0.29, 0.717) is 0 Å². The Hall–Kier alpha value is -0.180. The fourth-order valence-electron chi connectivity index (χ4n) is 0.214. The Labute approximate surface area is 52.1 Å². The lowest BCUT2D eigenvalue weighted by molar-refractivity contribution is -0.108. The Morgan fingerprint density at radius 1 is 1.62 bits per heavy atom. The van der Waals surface area contributed by atoms with Crippen molar-refractivity contribution >= 4 is 16.6 Å². The number of rotatable bonds is 3. The van der Waals surface area contributed by atoms with Crippen molar-refractivity contribution in [3.05, 3.63) is 0 Å². The first-order valence-electron chi connectivity index (χ1n) is 2.54. The molecule has 0 saturated carbocycles. The lowest BCUT2D eigenvalue weighted by Gasteiger charge is -2.27. The molecule has 0 spiro atoms. The van der Waals surface area contributed by atoms with Crippen LogP contribution in [-0.4, -0.2) is 24.7 Å². The Bertz CT molecular complexity index is 82.5. The summed E-state index contributed by atoms with van der Waals surface area (Å²) in [4.78, 5) is 9.89. The van der Waals surface area contributed by atoms with Crippen molar-refractivity contribution in [3.63, 3.8) is 0 Å². The summed E-state index contributed by atoms with van der Waals surface area (Å²) < 4.78 is 2.77. The third-order valence-electron chi connectivity index (χ3n) is 1.09. The smallest absolute Gasteiger partial charge is 0.215 e. The average Bonchev–Trinajstić information content (AvgIpc) is 1.67. The molecule has 0 saturated heterocycles. The van der Waals surface area contributed by atoms with Gasteiger partial charge in [-0.15, -0.1) is 0 Å². The first-order valence-corrected chi connectivity index (χ1v) is 5.16. The van der Waals surface area contributed by atoms with Crippen molar-refractivity contribution in [2.75, 3.05) is 18.3 Å². The van der Waals surface area contributed by atoms with E-state index in [2.05, 4.69) is 24.2 Å². The van der Waals surface area contributed by atoms with Crippen LogP contribution in [0.3, 0.4) is 0 Å². The summed E-state index contributed by atoms with van der Waals surface area (Å²) >= 11 is 0. The lowest BCUT2D eigenvalue weighted by atomic mass is 11.0. The number of carbonyl (C=O) groups is 1. The molecule has 0 unspecified atom stereocenters. The molecule has 1 amide bonds. The molecular formula is C5H13NOS. The highest BCUT2D eigenvalue weighted by molar-refractivity contribution is 8.31. The Kier molecular flexibility index (Phi) is 2.90. The number of amides is 1. The van der Waals surface area contributed by atoms with E-state index in [1.54, 1.807) is 0 Å². The van der Waals surface area contributed by atoms with E-state index in [0.717, 1.165) is 12.2 Å². The quantitative estimate of drug-likeness (QED) is 0.568. The van der Waals surface area contributed by atoms with E-state index >= 15 is 0 Å². The monoisotopic (exact) mass is 135 g/mol. The van der Waals surface area contributed by atoms with Gasteiger partial charge in [0.1, 0.15) is 0 Å². The van der Waals surface area contributed by atoms with E-state index < -0.39 is 10.2 Å². The van der Waals surface area contributed by atoms with Gasteiger partial charge in [-0.25, -0.2) is 0 Å². The van der Waals surface area contributed by atoms with Gasteiger partial charge in [0, 0.05) is 0 Å². The van der Waals surface area contributed by atoms with E-state index in [1.165, 1.54) is 0 Å². The predicted octanol–water partition coefficient (Wildman–Crippen LogP) is 0.731. The van der Waals surface area contributed by atoms with Crippen molar-refractivity contribution in [2.24, 2.45) is 0 Å². The molecule has 0 radical (unpaired) electrons. The molecule has 50 valence electrons. The van der Waals surface area contributed by atoms with Gasteiger partial charge in [-0.2, -0.15) is 10.2 Å². The molecule has 1 N–H and O–H groups in total. The van der Waals surface area contributed by atoms with Crippen LogP contribution in [0.25, 0.3) is 0 Å². The highest BCUT2D eigenvalue weighted by atomic mass is 32.3. The van der Waals surface area contributed by atoms with Crippen LogP contribution in [0.5, 0.6) is 0 Å². The van der Waals surface area contributed by atoms with Crippen LogP contribution in [-0.2, 0) is 4.79 Å². The van der Waals surface area contributed by atoms with Crippen molar-refractivity contribution < 1.29 is 4.79 Å². The molecule has 0 atom stereocenters. The first-order chi connectivity index (χ1) is 3.62. The third-order valence-corrected chi connectivity index (χ3v) is 3.27. The number of nitrogens with one attached hydrogen (secondary N) is 1. The minimum absolute atomic E-state index is 0.777. The molecule has 0 aromatic carbocycles. The van der Waals surface area contributed by atoms with Crippen LogP contribution in [0.2, 0.25) is 0 Å². The molecule has 0 rings (SSSR count). The molecule has 0 heterocycles. The van der Waals surface area contributed by atoms with Gasteiger partial charge < -0.3 is 4.72 Å². The van der Waals surface area contributed by atoms with Crippen LogP contribution >= 0.6 is 10.2 Å². The molecule has 0 bridgehead atoms. The minimum Gasteiger partial charge on any atom is -0.321 e. The van der Waals surface area contributed by atoms with E-state index in [-0.39, 0.29) is 0 Å². The molecule has 0 aliphatic carbocycles. The van der Waals surface area contributed by atoms with Crippen LogP contribution in [0, 0.1) is 0 Å². The molecule has 3 heteroatoms. The summed E-state index contributed by atoms with van der Waals surface area (Å²) in [7, 11) is -0.788. The summed E-state index contributed by atoms with van der Waals surface area (Å²) in [6, 6.07) is 0. The van der Waals surface area contributed by atoms with E-state index in [9.17, 15) is 4.79 Å². The van der Waals surface area contributed by atoms with Gasteiger partial charge in [-0.1, -0.05) is 6.92 Å². The number of carbonyl (C=O) groups excluding carboxylic acids is 1. The zero-order valence-electron chi connectivity index (χ0n) is 5.60. The summed E-state index contributed by atoms with van der Waals surface area (Å²) in [5.74, 6) is 1.05. The second kappa shape index (κ2) is 2.97.